The highest BCUT2D eigenvalue weighted by Crippen LogP contribution is 2.28. The average Bonchev–Trinajstić information content (AvgIpc) is 3.40. The molecule has 4 rings (SSSR count). The summed E-state index contributed by atoms with van der Waals surface area (Å²) in [6.45, 7) is 4.35. The number of aryl methyl sites for hydroxylation is 1. The maximum absolute atomic E-state index is 13.2. The summed E-state index contributed by atoms with van der Waals surface area (Å²) in [5, 5.41) is 7.17. The molecule has 1 fully saturated rings. The van der Waals surface area contributed by atoms with Gasteiger partial charge in [-0.2, -0.15) is 9.40 Å². The van der Waals surface area contributed by atoms with Gasteiger partial charge in [0, 0.05) is 36.5 Å². The molecule has 10 heteroatoms. The van der Waals surface area contributed by atoms with Crippen molar-refractivity contribution in [2.75, 3.05) is 25.5 Å². The number of hydrogen-bond acceptors (Lipinski definition) is 6. The van der Waals surface area contributed by atoms with E-state index < -0.39 is 27.5 Å². The lowest BCUT2D eigenvalue weighted by Gasteiger charge is -2.18. The molecule has 2 heterocycles. The zero-order chi connectivity index (χ0) is 25.2. The third-order valence-electron chi connectivity index (χ3n) is 6.08. The van der Waals surface area contributed by atoms with E-state index in [1.165, 1.54) is 23.5 Å². The summed E-state index contributed by atoms with van der Waals surface area (Å²) in [6.07, 6.45) is 1.69. The van der Waals surface area contributed by atoms with Gasteiger partial charge in [-0.05, 0) is 56.5 Å². The Morgan fingerprint density at radius 2 is 1.83 bits per heavy atom. The van der Waals surface area contributed by atoms with E-state index in [2.05, 4.69) is 10.4 Å². The number of methoxy groups -OCH3 is 1. The first kappa shape index (κ1) is 24.6. The fourth-order valence-electron chi connectivity index (χ4n) is 4.02. The molecule has 0 bridgehead atoms. The number of carbonyl (C=O) groups is 1. The van der Waals surface area contributed by atoms with E-state index in [0.717, 1.165) is 17.5 Å². The Labute approximate surface area is 204 Å². The maximum Gasteiger partial charge on any atom is 0.267 e. The standard InChI is InChI=1S/C25H28N4O5S/c1-17-9-10-19(15-23(17)35(32,33)28-13-4-5-14-28)22-11-12-24(30)29(27-22)18(2)25(31)26-20-7-6-8-21(16-20)34-3/h6-12,15-16,18H,4-5,13-14H2,1-3H3,(H,26,31). The number of amides is 1. The van der Waals surface area contributed by atoms with E-state index in [-0.39, 0.29) is 4.90 Å². The largest absolute Gasteiger partial charge is 0.497 e. The maximum atomic E-state index is 13.2. The van der Waals surface area contributed by atoms with E-state index >= 15 is 0 Å². The highest BCUT2D eigenvalue weighted by atomic mass is 32.2. The number of anilines is 1. The van der Waals surface area contributed by atoms with Crippen LogP contribution in [0.25, 0.3) is 11.3 Å². The van der Waals surface area contributed by atoms with Crippen LogP contribution in [-0.2, 0) is 14.8 Å². The van der Waals surface area contributed by atoms with Gasteiger partial charge in [-0.25, -0.2) is 13.1 Å². The second-order valence-corrected chi connectivity index (χ2v) is 10.4. The van der Waals surface area contributed by atoms with E-state index in [1.54, 1.807) is 56.3 Å². The molecule has 1 amide bonds. The molecule has 35 heavy (non-hydrogen) atoms. The van der Waals surface area contributed by atoms with E-state index in [9.17, 15) is 18.0 Å². The van der Waals surface area contributed by atoms with Gasteiger partial charge in [-0.1, -0.05) is 18.2 Å². The van der Waals surface area contributed by atoms with Crippen molar-refractivity contribution in [2.24, 2.45) is 0 Å². The molecule has 184 valence electrons. The first-order valence-electron chi connectivity index (χ1n) is 11.4. The second-order valence-electron chi connectivity index (χ2n) is 8.49. The molecule has 1 aliphatic heterocycles. The highest BCUT2D eigenvalue weighted by Gasteiger charge is 2.29. The average molecular weight is 497 g/mol. The molecule has 0 spiro atoms. The van der Waals surface area contributed by atoms with Crippen molar-refractivity contribution in [3.8, 4) is 17.0 Å². The molecular weight excluding hydrogens is 468 g/mol. The molecular formula is C25H28N4O5S. The minimum Gasteiger partial charge on any atom is -0.497 e. The van der Waals surface area contributed by atoms with E-state index in [0.29, 0.717) is 41.3 Å². The van der Waals surface area contributed by atoms with Crippen LogP contribution in [-0.4, -0.2) is 48.6 Å². The number of nitrogens with zero attached hydrogens (tertiary/aromatic N) is 3. The van der Waals surface area contributed by atoms with Crippen LogP contribution >= 0.6 is 0 Å². The highest BCUT2D eigenvalue weighted by molar-refractivity contribution is 7.89. The van der Waals surface area contributed by atoms with Crippen molar-refractivity contribution in [1.29, 1.82) is 0 Å². The Hall–Kier alpha value is -3.50. The molecule has 9 nitrogen and oxygen atoms in total. The number of carbonyl (C=O) groups excluding carboxylic acids is 1. The molecule has 3 aromatic rings. The molecule has 1 saturated heterocycles. The fraction of sp³-hybridized carbons (Fsp3) is 0.320. The summed E-state index contributed by atoms with van der Waals surface area (Å²) < 4.78 is 34.1. The Balaban J connectivity index is 1.64. The van der Waals surface area contributed by atoms with Gasteiger partial charge in [0.25, 0.3) is 5.56 Å². The van der Waals surface area contributed by atoms with E-state index in [1.807, 2.05) is 0 Å². The molecule has 0 radical (unpaired) electrons. The van der Waals surface area contributed by atoms with Crippen molar-refractivity contribution in [3.63, 3.8) is 0 Å². The first-order valence-corrected chi connectivity index (χ1v) is 12.8. The molecule has 1 unspecified atom stereocenters. The quantitative estimate of drug-likeness (QED) is 0.538. The molecule has 1 atom stereocenters. The Kier molecular flexibility index (Phi) is 7.04. The number of sulfonamides is 1. The number of nitrogens with one attached hydrogen (secondary N) is 1. The van der Waals surface area contributed by atoms with Gasteiger partial charge in [0.15, 0.2) is 0 Å². The van der Waals surface area contributed by atoms with Gasteiger partial charge in [-0.3, -0.25) is 9.59 Å². The predicted molar refractivity (Wildman–Crippen MR) is 133 cm³/mol. The van der Waals surface area contributed by atoms with E-state index in [4.69, 9.17) is 4.74 Å². The third kappa shape index (κ3) is 5.13. The molecule has 2 aromatic carbocycles. The van der Waals surface area contributed by atoms with Crippen LogP contribution in [0, 0.1) is 6.92 Å². The van der Waals surface area contributed by atoms with Gasteiger partial charge in [0.2, 0.25) is 15.9 Å². The monoisotopic (exact) mass is 496 g/mol. The van der Waals surface area contributed by atoms with Crippen LogP contribution in [0.3, 0.4) is 0 Å². The molecule has 0 saturated carbocycles. The van der Waals surface area contributed by atoms with Crippen molar-refractivity contribution in [2.45, 2.75) is 37.6 Å². The minimum absolute atomic E-state index is 0.222. The summed E-state index contributed by atoms with van der Waals surface area (Å²) in [5.41, 5.74) is 1.66. The number of benzene rings is 2. The summed E-state index contributed by atoms with van der Waals surface area (Å²) in [7, 11) is -2.09. The summed E-state index contributed by atoms with van der Waals surface area (Å²) in [6, 6.07) is 13.9. The van der Waals surface area contributed by atoms with Crippen molar-refractivity contribution in [3.05, 3.63) is 70.5 Å². The zero-order valence-corrected chi connectivity index (χ0v) is 20.7. The molecule has 1 N–H and O–H groups in total. The van der Waals surface area contributed by atoms with Gasteiger partial charge >= 0.3 is 0 Å². The lowest BCUT2D eigenvalue weighted by Crippen LogP contribution is -2.33. The SMILES string of the molecule is COc1cccc(NC(=O)C(C)n2nc(-c3ccc(C)c(S(=O)(=O)N4CCCC4)c3)ccc2=O)c1. The van der Waals surface area contributed by atoms with Gasteiger partial charge in [0.05, 0.1) is 17.7 Å². The normalized spacial score (nSPS) is 15.1. The van der Waals surface area contributed by atoms with Crippen LogP contribution in [0.2, 0.25) is 0 Å². The van der Waals surface area contributed by atoms with Crippen LogP contribution in [0.1, 0.15) is 31.4 Å². The smallest absolute Gasteiger partial charge is 0.267 e. The van der Waals surface area contributed by atoms with Gasteiger partial charge < -0.3 is 10.1 Å². The number of ether oxygens (including phenoxy) is 1. The number of aromatic nitrogens is 2. The van der Waals surface area contributed by atoms with Crippen LogP contribution in [0.4, 0.5) is 5.69 Å². The number of hydrogen-bond donors (Lipinski definition) is 1. The summed E-state index contributed by atoms with van der Waals surface area (Å²) in [4.78, 5) is 25.6. The summed E-state index contributed by atoms with van der Waals surface area (Å²) >= 11 is 0. The van der Waals surface area contributed by atoms with Gasteiger partial charge in [-0.15, -0.1) is 0 Å². The molecule has 1 aromatic heterocycles. The molecule has 0 aliphatic carbocycles. The van der Waals surface area contributed by atoms with Crippen molar-refractivity contribution < 1.29 is 17.9 Å². The van der Waals surface area contributed by atoms with Crippen LogP contribution in [0.15, 0.2) is 64.3 Å². The lowest BCUT2D eigenvalue weighted by molar-refractivity contribution is -0.119. The zero-order valence-electron chi connectivity index (χ0n) is 19.9. The summed E-state index contributed by atoms with van der Waals surface area (Å²) in [5.74, 6) is 0.165. The Morgan fingerprint density at radius 1 is 1.09 bits per heavy atom. The van der Waals surface area contributed by atoms with Crippen LogP contribution < -0.4 is 15.6 Å². The Morgan fingerprint density at radius 3 is 2.54 bits per heavy atom. The third-order valence-corrected chi connectivity index (χ3v) is 8.12. The molecule has 1 aliphatic rings. The van der Waals surface area contributed by atoms with Gasteiger partial charge in [0.1, 0.15) is 11.8 Å². The Bertz CT molecular complexity index is 1410. The lowest BCUT2D eigenvalue weighted by atomic mass is 10.1. The second kappa shape index (κ2) is 10.0. The van der Waals surface area contributed by atoms with Crippen molar-refractivity contribution >= 4 is 21.6 Å². The topological polar surface area (TPSA) is 111 Å². The van der Waals surface area contributed by atoms with Crippen LogP contribution in [0.5, 0.6) is 5.75 Å². The first-order chi connectivity index (χ1) is 16.7. The minimum atomic E-state index is -3.63. The van der Waals surface area contributed by atoms with Crippen molar-refractivity contribution in [1.82, 2.24) is 14.1 Å². The predicted octanol–water partition coefficient (Wildman–Crippen LogP) is 3.21. The number of rotatable bonds is 7. The fourth-order valence-corrected chi connectivity index (χ4v) is 5.79.